The lowest BCUT2D eigenvalue weighted by Crippen LogP contribution is -2.44. The number of aromatic hydroxyl groups is 2. The van der Waals surface area contributed by atoms with Gasteiger partial charge in [-0.1, -0.05) is 16.9 Å². The molecule has 0 bridgehead atoms. The second-order valence-electron chi connectivity index (χ2n) is 8.03. The van der Waals surface area contributed by atoms with Gasteiger partial charge >= 0.3 is 5.97 Å². The van der Waals surface area contributed by atoms with Crippen molar-refractivity contribution in [1.29, 1.82) is 0 Å². The number of pyridine rings is 1. The summed E-state index contributed by atoms with van der Waals surface area (Å²) in [6, 6.07) is 8.17. The third-order valence-electron chi connectivity index (χ3n) is 4.55. The Hall–Kier alpha value is -2.37. The monoisotopic (exact) mass is 497 g/mol. The Bertz CT molecular complexity index is 872. The summed E-state index contributed by atoms with van der Waals surface area (Å²) in [6.45, 7) is 6.16. The summed E-state index contributed by atoms with van der Waals surface area (Å²) in [5.41, 5.74) is -0.419. The van der Waals surface area contributed by atoms with Gasteiger partial charge in [0.1, 0.15) is 5.03 Å². The third kappa shape index (κ3) is 10.4. The highest BCUT2D eigenvalue weighted by molar-refractivity contribution is 8.76. The first-order valence-electron chi connectivity index (χ1n) is 10.6. The van der Waals surface area contributed by atoms with Crippen LogP contribution >= 0.6 is 21.6 Å². The lowest BCUT2D eigenvalue weighted by atomic mass is 10.0. The molecule has 0 saturated carbocycles. The maximum Gasteiger partial charge on any atom is 0.333 e. The lowest BCUT2D eigenvalue weighted by Gasteiger charge is -2.27. The van der Waals surface area contributed by atoms with Gasteiger partial charge in [-0.2, -0.15) is 0 Å². The highest BCUT2D eigenvalue weighted by Gasteiger charge is 2.21. The molecular formula is C22H31N3O6S2. The van der Waals surface area contributed by atoms with Crippen LogP contribution in [0.5, 0.6) is 11.8 Å². The van der Waals surface area contributed by atoms with E-state index < -0.39 is 11.5 Å². The number of hydrogen-bond acceptors (Lipinski definition) is 9. The minimum atomic E-state index is -0.598. The summed E-state index contributed by atoms with van der Waals surface area (Å²) < 4.78 is 6.42. The van der Waals surface area contributed by atoms with Crippen LogP contribution in [0.1, 0.15) is 46.5 Å². The van der Waals surface area contributed by atoms with Crippen LogP contribution in [0.2, 0.25) is 0 Å². The molecule has 0 aliphatic rings. The van der Waals surface area contributed by atoms with E-state index in [0.717, 1.165) is 5.03 Å². The fourth-order valence-electron chi connectivity index (χ4n) is 2.70. The van der Waals surface area contributed by atoms with Crippen molar-refractivity contribution in [2.24, 2.45) is 0 Å². The van der Waals surface area contributed by atoms with Crippen molar-refractivity contribution in [3.63, 3.8) is 0 Å². The number of carbonyl (C=O) groups is 2. The molecule has 1 amide bonds. The molecule has 0 radical (unpaired) electrons. The van der Waals surface area contributed by atoms with Crippen LogP contribution in [0.25, 0.3) is 0 Å². The molecule has 0 saturated heterocycles. The van der Waals surface area contributed by atoms with E-state index in [4.69, 9.17) is 9.57 Å². The first-order valence-corrected chi connectivity index (χ1v) is 12.9. The van der Waals surface area contributed by atoms with Gasteiger partial charge in [0.25, 0.3) is 0 Å². The van der Waals surface area contributed by atoms with Crippen LogP contribution in [0.3, 0.4) is 0 Å². The zero-order chi connectivity index (χ0) is 24.3. The van der Waals surface area contributed by atoms with Gasteiger partial charge in [0.15, 0.2) is 0 Å². The Labute approximate surface area is 201 Å². The van der Waals surface area contributed by atoms with Gasteiger partial charge in [0.05, 0.1) is 12.5 Å². The topological polar surface area (TPSA) is 123 Å². The summed E-state index contributed by atoms with van der Waals surface area (Å²) in [5.74, 6) is -0.647. The average molecular weight is 498 g/mol. The SMILES string of the molecule is CC(CCC(=O)On1c(O)ccc1O)OCCC(C)(C)NC(=O)CCSSc1ccccn1. The molecule has 33 heavy (non-hydrogen) atoms. The Kier molecular flexibility index (Phi) is 10.9. The lowest BCUT2D eigenvalue weighted by molar-refractivity contribution is -0.146. The number of nitrogens with zero attached hydrogens (tertiary/aromatic N) is 2. The molecule has 2 rings (SSSR count). The van der Waals surface area contributed by atoms with Crippen molar-refractivity contribution in [2.45, 2.75) is 63.1 Å². The fourth-order valence-corrected chi connectivity index (χ4v) is 4.57. The van der Waals surface area contributed by atoms with Gasteiger partial charge < -0.3 is 25.1 Å². The van der Waals surface area contributed by atoms with Gasteiger partial charge in [-0.25, -0.2) is 9.78 Å². The zero-order valence-corrected chi connectivity index (χ0v) is 20.7. The van der Waals surface area contributed by atoms with Crippen molar-refractivity contribution >= 4 is 33.5 Å². The smallest absolute Gasteiger partial charge is 0.333 e. The highest BCUT2D eigenvalue weighted by Crippen LogP contribution is 2.29. The molecule has 1 unspecified atom stereocenters. The minimum absolute atomic E-state index is 0.0126. The third-order valence-corrected chi connectivity index (χ3v) is 6.81. The molecule has 11 heteroatoms. The first-order chi connectivity index (χ1) is 15.7. The van der Waals surface area contributed by atoms with Gasteiger partial charge in [-0.3, -0.25) is 4.79 Å². The molecule has 0 aliphatic heterocycles. The van der Waals surface area contributed by atoms with E-state index in [9.17, 15) is 19.8 Å². The van der Waals surface area contributed by atoms with Crippen molar-refractivity contribution in [1.82, 2.24) is 15.0 Å². The van der Waals surface area contributed by atoms with Crippen LogP contribution in [0.15, 0.2) is 41.6 Å². The predicted octanol–water partition coefficient (Wildman–Crippen LogP) is 3.55. The van der Waals surface area contributed by atoms with E-state index in [1.165, 1.54) is 12.1 Å². The van der Waals surface area contributed by atoms with E-state index in [2.05, 4.69) is 10.3 Å². The van der Waals surface area contributed by atoms with Gasteiger partial charge in [0.2, 0.25) is 17.7 Å². The summed E-state index contributed by atoms with van der Waals surface area (Å²) in [7, 11) is 3.15. The van der Waals surface area contributed by atoms with Crippen LogP contribution in [-0.2, 0) is 14.3 Å². The Morgan fingerprint density at radius 2 is 1.91 bits per heavy atom. The second-order valence-corrected chi connectivity index (χ2v) is 10.5. The quantitative estimate of drug-likeness (QED) is 0.266. The number of aromatic nitrogens is 2. The van der Waals surface area contributed by atoms with Crippen LogP contribution < -0.4 is 10.2 Å². The first kappa shape index (κ1) is 26.9. The van der Waals surface area contributed by atoms with Crippen molar-refractivity contribution in [3.8, 4) is 11.8 Å². The van der Waals surface area contributed by atoms with Gasteiger partial charge in [-0.15, -0.1) is 4.73 Å². The summed E-state index contributed by atoms with van der Waals surface area (Å²) in [4.78, 5) is 33.3. The summed E-state index contributed by atoms with van der Waals surface area (Å²) >= 11 is 0. The number of carbonyl (C=O) groups excluding carboxylic acids is 2. The maximum atomic E-state index is 12.2. The fraction of sp³-hybridized carbons (Fsp3) is 0.500. The van der Waals surface area contributed by atoms with Gasteiger partial charge in [-0.05, 0) is 56.5 Å². The maximum absolute atomic E-state index is 12.2. The molecule has 182 valence electrons. The van der Waals surface area contributed by atoms with Gasteiger partial charge in [0, 0.05) is 42.6 Å². The van der Waals surface area contributed by atoms with Crippen molar-refractivity contribution < 1.29 is 29.4 Å². The second kappa shape index (κ2) is 13.4. The zero-order valence-electron chi connectivity index (χ0n) is 19.0. The van der Waals surface area contributed by atoms with Crippen LogP contribution in [0.4, 0.5) is 0 Å². The number of rotatable bonds is 14. The molecule has 0 spiro atoms. The number of amides is 1. The molecule has 0 aromatic carbocycles. The van der Waals surface area contributed by atoms with Crippen molar-refractivity contribution in [2.75, 3.05) is 12.4 Å². The Morgan fingerprint density at radius 3 is 2.58 bits per heavy atom. The predicted molar refractivity (Wildman–Crippen MR) is 128 cm³/mol. The Morgan fingerprint density at radius 1 is 1.18 bits per heavy atom. The molecule has 2 heterocycles. The van der Waals surface area contributed by atoms with Crippen LogP contribution in [-0.4, -0.2) is 55.8 Å². The summed E-state index contributed by atoms with van der Waals surface area (Å²) in [6.07, 6.45) is 3.06. The van der Waals surface area contributed by atoms with Crippen molar-refractivity contribution in [3.05, 3.63) is 36.5 Å². The largest absolute Gasteiger partial charge is 0.492 e. The molecule has 2 aromatic heterocycles. The van der Waals surface area contributed by atoms with Crippen LogP contribution in [0, 0.1) is 0 Å². The van der Waals surface area contributed by atoms with E-state index in [-0.39, 0.29) is 30.2 Å². The number of ether oxygens (including phenoxy) is 1. The summed E-state index contributed by atoms with van der Waals surface area (Å²) in [5, 5.41) is 22.9. The van der Waals surface area contributed by atoms with E-state index in [1.54, 1.807) is 27.8 Å². The molecular weight excluding hydrogens is 466 g/mol. The molecule has 3 N–H and O–H groups in total. The van der Waals surface area contributed by atoms with E-state index >= 15 is 0 Å². The number of nitrogens with one attached hydrogen (secondary N) is 1. The highest BCUT2D eigenvalue weighted by atomic mass is 33.1. The molecule has 9 nitrogen and oxygen atoms in total. The molecule has 2 aromatic rings. The average Bonchev–Trinajstić information content (AvgIpc) is 3.07. The standard InChI is InChI=1S/C22H31N3O6S2/c1-16(7-10-21(29)31-25-19(27)8-9-20(25)28)30-14-12-22(2,3)24-17(26)11-15-32-33-18-6-4-5-13-23-18/h4-6,8-9,13,16,27-28H,7,10-12,14-15H2,1-3H3,(H,24,26). The van der Waals surface area contributed by atoms with E-state index in [0.29, 0.717) is 36.4 Å². The number of hydrogen-bond donors (Lipinski definition) is 3. The van der Waals surface area contributed by atoms with E-state index in [1.807, 2.05) is 39.0 Å². The molecule has 0 fully saturated rings. The normalized spacial score (nSPS) is 12.3. The molecule has 1 atom stereocenters. The Balaban J connectivity index is 1.57. The molecule has 0 aliphatic carbocycles. The minimum Gasteiger partial charge on any atom is -0.492 e.